The number of imidazole rings is 1. The van der Waals surface area contributed by atoms with Gasteiger partial charge in [0, 0.05) is 23.6 Å². The Morgan fingerprint density at radius 3 is 2.67 bits per heavy atom. The van der Waals surface area contributed by atoms with E-state index < -0.39 is 0 Å². The second-order valence-corrected chi connectivity index (χ2v) is 5.30. The lowest BCUT2D eigenvalue weighted by molar-refractivity contribution is 0.475. The molecule has 0 bridgehead atoms. The zero-order valence-electron chi connectivity index (χ0n) is 12.5. The van der Waals surface area contributed by atoms with E-state index in [0.29, 0.717) is 11.5 Å². The standard InChI is InChI=1S/C18H13FN4O/c19-13-3-1-2-12(10-13)16-11-21-18-17(20-8-9-23(16)18)22-14-4-6-15(24)7-5-14/h1-11,24H,(H,20,22). The predicted molar refractivity (Wildman–Crippen MR) is 89.8 cm³/mol. The molecular formula is C18H13FN4O. The van der Waals surface area contributed by atoms with Crippen LogP contribution in [0, 0.1) is 5.82 Å². The molecule has 0 radical (unpaired) electrons. The third-order valence-electron chi connectivity index (χ3n) is 3.68. The van der Waals surface area contributed by atoms with Gasteiger partial charge in [-0.2, -0.15) is 0 Å². The molecule has 24 heavy (non-hydrogen) atoms. The first-order chi connectivity index (χ1) is 11.7. The van der Waals surface area contributed by atoms with Crippen molar-refractivity contribution in [2.45, 2.75) is 0 Å². The zero-order valence-corrected chi connectivity index (χ0v) is 12.5. The molecule has 4 aromatic rings. The summed E-state index contributed by atoms with van der Waals surface area (Å²) in [5, 5.41) is 12.5. The van der Waals surface area contributed by atoms with E-state index in [4.69, 9.17) is 0 Å². The number of fused-ring (bicyclic) bond motifs is 1. The van der Waals surface area contributed by atoms with Crippen LogP contribution in [0.4, 0.5) is 15.9 Å². The molecule has 6 heteroatoms. The van der Waals surface area contributed by atoms with Crippen molar-refractivity contribution >= 4 is 17.2 Å². The van der Waals surface area contributed by atoms with Crippen LogP contribution in [0.15, 0.2) is 67.1 Å². The van der Waals surface area contributed by atoms with Crippen molar-refractivity contribution in [3.63, 3.8) is 0 Å². The number of halogens is 1. The zero-order chi connectivity index (χ0) is 16.5. The normalized spacial score (nSPS) is 10.9. The van der Waals surface area contributed by atoms with Crippen molar-refractivity contribution in [1.82, 2.24) is 14.4 Å². The van der Waals surface area contributed by atoms with E-state index in [-0.39, 0.29) is 11.6 Å². The molecule has 4 rings (SSSR count). The number of phenols is 1. The van der Waals surface area contributed by atoms with Crippen LogP contribution >= 0.6 is 0 Å². The molecule has 5 nitrogen and oxygen atoms in total. The van der Waals surface area contributed by atoms with Gasteiger partial charge in [-0.05, 0) is 36.4 Å². The van der Waals surface area contributed by atoms with Crippen LogP contribution in [0.2, 0.25) is 0 Å². The summed E-state index contributed by atoms with van der Waals surface area (Å²) in [6.07, 6.45) is 5.12. The SMILES string of the molecule is Oc1ccc(Nc2nccn3c(-c4cccc(F)c4)cnc23)cc1. The third-order valence-corrected chi connectivity index (χ3v) is 3.68. The van der Waals surface area contributed by atoms with Crippen molar-refractivity contribution in [1.29, 1.82) is 0 Å². The Morgan fingerprint density at radius 2 is 1.88 bits per heavy atom. The highest BCUT2D eigenvalue weighted by atomic mass is 19.1. The first-order valence-electron chi connectivity index (χ1n) is 7.35. The minimum Gasteiger partial charge on any atom is -0.508 e. The number of rotatable bonds is 3. The van der Waals surface area contributed by atoms with Crippen molar-refractivity contribution < 1.29 is 9.50 Å². The summed E-state index contributed by atoms with van der Waals surface area (Å²) < 4.78 is 15.3. The van der Waals surface area contributed by atoms with Gasteiger partial charge < -0.3 is 10.4 Å². The molecule has 0 atom stereocenters. The van der Waals surface area contributed by atoms with Crippen molar-refractivity contribution in [3.05, 3.63) is 72.9 Å². The van der Waals surface area contributed by atoms with E-state index in [1.807, 2.05) is 10.5 Å². The van der Waals surface area contributed by atoms with E-state index in [0.717, 1.165) is 16.9 Å². The van der Waals surface area contributed by atoms with E-state index in [9.17, 15) is 9.50 Å². The first-order valence-corrected chi connectivity index (χ1v) is 7.35. The third kappa shape index (κ3) is 2.54. The Hall–Kier alpha value is -3.41. The van der Waals surface area contributed by atoms with E-state index in [1.54, 1.807) is 48.9 Å². The predicted octanol–water partition coefficient (Wildman–Crippen LogP) is 3.98. The summed E-state index contributed by atoms with van der Waals surface area (Å²) >= 11 is 0. The van der Waals surface area contributed by atoms with Gasteiger partial charge in [-0.3, -0.25) is 4.40 Å². The maximum absolute atomic E-state index is 13.5. The monoisotopic (exact) mass is 320 g/mol. The van der Waals surface area contributed by atoms with Crippen LogP contribution in [0.25, 0.3) is 16.9 Å². The molecule has 2 N–H and O–H groups in total. The molecule has 0 fully saturated rings. The average Bonchev–Trinajstić information content (AvgIpc) is 3.02. The summed E-state index contributed by atoms with van der Waals surface area (Å²) in [6, 6.07) is 13.1. The maximum Gasteiger partial charge on any atom is 0.180 e. The van der Waals surface area contributed by atoms with Crippen LogP contribution in [0.1, 0.15) is 0 Å². The molecule has 2 heterocycles. The van der Waals surface area contributed by atoms with Crippen molar-refractivity contribution in [2.75, 3.05) is 5.32 Å². The summed E-state index contributed by atoms with van der Waals surface area (Å²) in [6.45, 7) is 0. The topological polar surface area (TPSA) is 62.5 Å². The Bertz CT molecular complexity index is 1010. The average molecular weight is 320 g/mol. The first kappa shape index (κ1) is 14.2. The lowest BCUT2D eigenvalue weighted by Gasteiger charge is -2.08. The van der Waals surface area contributed by atoms with Gasteiger partial charge in [0.15, 0.2) is 11.5 Å². The summed E-state index contributed by atoms with van der Waals surface area (Å²) in [7, 11) is 0. The molecule has 0 aliphatic carbocycles. The molecule has 0 aliphatic rings. The molecule has 2 aromatic heterocycles. The number of nitrogens with one attached hydrogen (secondary N) is 1. The van der Waals surface area contributed by atoms with Gasteiger partial charge in [0.1, 0.15) is 11.6 Å². The molecular weight excluding hydrogens is 307 g/mol. The molecule has 0 saturated carbocycles. The van der Waals surface area contributed by atoms with Crippen molar-refractivity contribution in [3.8, 4) is 17.0 Å². The minimum absolute atomic E-state index is 0.195. The van der Waals surface area contributed by atoms with Gasteiger partial charge in [-0.15, -0.1) is 0 Å². The number of nitrogens with zero attached hydrogens (tertiary/aromatic N) is 3. The van der Waals surface area contributed by atoms with Gasteiger partial charge in [-0.25, -0.2) is 14.4 Å². The molecule has 2 aromatic carbocycles. The number of aromatic nitrogens is 3. The smallest absolute Gasteiger partial charge is 0.180 e. The molecule has 0 aliphatic heterocycles. The fourth-order valence-electron chi connectivity index (χ4n) is 2.55. The fourth-order valence-corrected chi connectivity index (χ4v) is 2.55. The van der Waals surface area contributed by atoms with E-state index in [1.165, 1.54) is 12.1 Å². The Morgan fingerprint density at radius 1 is 1.04 bits per heavy atom. The van der Waals surface area contributed by atoms with Crippen LogP contribution in [-0.2, 0) is 0 Å². The largest absolute Gasteiger partial charge is 0.508 e. The number of aromatic hydroxyl groups is 1. The minimum atomic E-state index is -0.293. The Kier molecular flexibility index (Phi) is 3.35. The number of hydrogen-bond donors (Lipinski definition) is 2. The molecule has 0 amide bonds. The number of anilines is 2. The fraction of sp³-hybridized carbons (Fsp3) is 0. The Balaban J connectivity index is 1.77. The number of hydrogen-bond acceptors (Lipinski definition) is 4. The summed E-state index contributed by atoms with van der Waals surface area (Å²) in [4.78, 5) is 8.72. The Labute approximate surface area is 137 Å². The molecule has 118 valence electrons. The lowest BCUT2D eigenvalue weighted by Crippen LogP contribution is -1.98. The second kappa shape index (κ2) is 5.66. The molecule has 0 saturated heterocycles. The number of phenolic OH excluding ortho intramolecular Hbond substituents is 1. The van der Waals surface area contributed by atoms with Gasteiger partial charge in [0.2, 0.25) is 0 Å². The van der Waals surface area contributed by atoms with Crippen LogP contribution in [0.5, 0.6) is 5.75 Å². The van der Waals surface area contributed by atoms with Crippen LogP contribution < -0.4 is 5.32 Å². The van der Waals surface area contributed by atoms with E-state index in [2.05, 4.69) is 15.3 Å². The van der Waals surface area contributed by atoms with Crippen LogP contribution in [-0.4, -0.2) is 19.5 Å². The number of benzene rings is 2. The highest BCUT2D eigenvalue weighted by molar-refractivity contribution is 5.74. The van der Waals surface area contributed by atoms with Crippen LogP contribution in [0.3, 0.4) is 0 Å². The van der Waals surface area contributed by atoms with Gasteiger partial charge in [-0.1, -0.05) is 12.1 Å². The highest BCUT2D eigenvalue weighted by Gasteiger charge is 2.11. The highest BCUT2D eigenvalue weighted by Crippen LogP contribution is 2.26. The maximum atomic E-state index is 13.5. The summed E-state index contributed by atoms with van der Waals surface area (Å²) in [5.41, 5.74) is 2.93. The lowest BCUT2D eigenvalue weighted by atomic mass is 10.1. The molecule has 0 unspecified atom stereocenters. The van der Waals surface area contributed by atoms with Gasteiger partial charge in [0.05, 0.1) is 11.9 Å². The van der Waals surface area contributed by atoms with Gasteiger partial charge >= 0.3 is 0 Å². The van der Waals surface area contributed by atoms with E-state index >= 15 is 0 Å². The quantitative estimate of drug-likeness (QED) is 0.560. The van der Waals surface area contributed by atoms with Crippen molar-refractivity contribution in [2.24, 2.45) is 0 Å². The second-order valence-electron chi connectivity index (χ2n) is 5.30. The molecule has 0 spiro atoms. The summed E-state index contributed by atoms with van der Waals surface area (Å²) in [5.74, 6) is 0.478. The van der Waals surface area contributed by atoms with Gasteiger partial charge in [0.25, 0.3) is 0 Å².